The van der Waals surface area contributed by atoms with E-state index in [2.05, 4.69) is 4.74 Å². The monoisotopic (exact) mass is 291 g/mol. The Morgan fingerprint density at radius 3 is 2.53 bits per heavy atom. The molecule has 0 atom stereocenters. The highest BCUT2D eigenvalue weighted by molar-refractivity contribution is 6.17. The molecule has 7 heteroatoms. The van der Waals surface area contributed by atoms with Crippen LogP contribution in [0.15, 0.2) is 12.1 Å². The average Bonchev–Trinajstić information content (AvgIpc) is 2.35. The second kappa shape index (κ2) is 5.93. The van der Waals surface area contributed by atoms with Crippen LogP contribution in [-0.2, 0) is 16.8 Å². The fraction of sp³-hybridized carbons (Fsp3) is 0.333. The van der Waals surface area contributed by atoms with E-state index in [-0.39, 0.29) is 12.2 Å². The van der Waals surface area contributed by atoms with Crippen LogP contribution in [0.3, 0.4) is 0 Å². The Labute approximate surface area is 112 Å². The Kier molecular flexibility index (Phi) is 4.78. The average molecular weight is 292 g/mol. The van der Waals surface area contributed by atoms with Crippen LogP contribution in [0.4, 0.5) is 13.2 Å². The van der Waals surface area contributed by atoms with Crippen LogP contribution >= 0.6 is 11.6 Å². The van der Waals surface area contributed by atoms with Gasteiger partial charge in [-0.1, -0.05) is 0 Å². The highest BCUT2D eigenvalue weighted by Crippen LogP contribution is 2.35. The fourth-order valence-electron chi connectivity index (χ4n) is 1.56. The maximum absolute atomic E-state index is 12.7. The van der Waals surface area contributed by atoms with E-state index in [0.717, 1.165) is 12.1 Å². The summed E-state index contributed by atoms with van der Waals surface area (Å²) in [5.74, 6) is -1.37. The molecule has 0 N–H and O–H groups in total. The van der Waals surface area contributed by atoms with Crippen LogP contribution in [0, 0.1) is 11.3 Å². The summed E-state index contributed by atoms with van der Waals surface area (Å²) in [5, 5.41) is 8.95. The standard InChI is InChI=1S/C12H9ClF3NO2/c1-2-19-11(18)7-3-4-10(12(14,15)16)8(5-13)9(7)6-17/h3-4H,2,5H2,1H3. The van der Waals surface area contributed by atoms with Crippen molar-refractivity contribution in [1.29, 1.82) is 5.26 Å². The minimum atomic E-state index is -4.64. The van der Waals surface area contributed by atoms with Crippen molar-refractivity contribution in [3.8, 4) is 6.07 Å². The Morgan fingerprint density at radius 1 is 1.47 bits per heavy atom. The molecule has 0 radical (unpaired) electrons. The largest absolute Gasteiger partial charge is 0.462 e. The minimum Gasteiger partial charge on any atom is -0.462 e. The lowest BCUT2D eigenvalue weighted by Gasteiger charge is -2.14. The summed E-state index contributed by atoms with van der Waals surface area (Å²) in [6, 6.07) is 3.23. The van der Waals surface area contributed by atoms with Gasteiger partial charge in [0.15, 0.2) is 0 Å². The molecule has 1 aromatic rings. The van der Waals surface area contributed by atoms with Gasteiger partial charge < -0.3 is 4.74 Å². The maximum atomic E-state index is 12.7. The molecule has 3 nitrogen and oxygen atoms in total. The van der Waals surface area contributed by atoms with Crippen LogP contribution in [0.5, 0.6) is 0 Å². The summed E-state index contributed by atoms with van der Waals surface area (Å²) >= 11 is 5.47. The second-order valence-corrected chi connectivity index (χ2v) is 3.75. The molecule has 0 fully saturated rings. The Bertz CT molecular complexity index is 535. The first kappa shape index (κ1) is 15.3. The van der Waals surface area contributed by atoms with Crippen molar-refractivity contribution in [2.24, 2.45) is 0 Å². The summed E-state index contributed by atoms with van der Waals surface area (Å²) < 4.78 is 42.9. The van der Waals surface area contributed by atoms with Crippen LogP contribution in [-0.4, -0.2) is 12.6 Å². The normalized spacial score (nSPS) is 10.9. The molecule has 0 aliphatic heterocycles. The molecule has 102 valence electrons. The topological polar surface area (TPSA) is 50.1 Å². The summed E-state index contributed by atoms with van der Waals surface area (Å²) in [7, 11) is 0. The fourth-order valence-corrected chi connectivity index (χ4v) is 1.84. The number of hydrogen-bond acceptors (Lipinski definition) is 3. The van der Waals surface area contributed by atoms with Crippen molar-refractivity contribution >= 4 is 17.6 Å². The van der Waals surface area contributed by atoms with Crippen molar-refractivity contribution in [3.63, 3.8) is 0 Å². The number of nitrogens with zero attached hydrogens (tertiary/aromatic N) is 1. The smallest absolute Gasteiger partial charge is 0.416 e. The van der Waals surface area contributed by atoms with Gasteiger partial charge in [0.25, 0.3) is 0 Å². The van der Waals surface area contributed by atoms with Gasteiger partial charge in [-0.3, -0.25) is 0 Å². The molecule has 1 rings (SSSR count). The van der Waals surface area contributed by atoms with Gasteiger partial charge in [-0.15, -0.1) is 11.6 Å². The van der Waals surface area contributed by atoms with E-state index in [1.807, 2.05) is 0 Å². The number of carbonyl (C=O) groups excluding carboxylic acids is 1. The molecule has 0 heterocycles. The molecule has 0 amide bonds. The molecule has 0 aromatic heterocycles. The first-order chi connectivity index (χ1) is 8.86. The lowest BCUT2D eigenvalue weighted by atomic mass is 9.97. The van der Waals surface area contributed by atoms with E-state index in [9.17, 15) is 18.0 Å². The molecule has 0 aliphatic carbocycles. The van der Waals surface area contributed by atoms with Crippen molar-refractivity contribution in [1.82, 2.24) is 0 Å². The predicted octanol–water partition coefficient (Wildman–Crippen LogP) is 3.49. The molecule has 0 saturated carbocycles. The number of nitriles is 1. The maximum Gasteiger partial charge on any atom is 0.416 e. The van der Waals surface area contributed by atoms with Gasteiger partial charge in [0, 0.05) is 5.88 Å². The molecule has 19 heavy (non-hydrogen) atoms. The van der Waals surface area contributed by atoms with Crippen LogP contribution in [0.2, 0.25) is 0 Å². The number of carbonyl (C=O) groups is 1. The van der Waals surface area contributed by atoms with Gasteiger partial charge in [-0.05, 0) is 24.6 Å². The van der Waals surface area contributed by atoms with Gasteiger partial charge in [-0.2, -0.15) is 18.4 Å². The summed E-state index contributed by atoms with van der Waals surface area (Å²) in [5.41, 5.74) is -2.05. The summed E-state index contributed by atoms with van der Waals surface area (Å²) in [6.45, 7) is 1.61. The molecular weight excluding hydrogens is 283 g/mol. The minimum absolute atomic E-state index is 0.0565. The zero-order valence-electron chi connectivity index (χ0n) is 9.84. The Hall–Kier alpha value is -1.74. The summed E-state index contributed by atoms with van der Waals surface area (Å²) in [4.78, 5) is 11.6. The van der Waals surface area contributed by atoms with E-state index in [1.54, 1.807) is 13.0 Å². The van der Waals surface area contributed by atoms with E-state index in [0.29, 0.717) is 0 Å². The van der Waals surface area contributed by atoms with Gasteiger partial charge in [-0.25, -0.2) is 4.79 Å². The third-order valence-electron chi connectivity index (χ3n) is 2.36. The number of alkyl halides is 4. The highest BCUT2D eigenvalue weighted by atomic mass is 35.5. The van der Waals surface area contributed by atoms with Crippen LogP contribution in [0.25, 0.3) is 0 Å². The molecule has 0 spiro atoms. The molecule has 0 bridgehead atoms. The first-order valence-electron chi connectivity index (χ1n) is 5.23. The highest BCUT2D eigenvalue weighted by Gasteiger charge is 2.35. The summed E-state index contributed by atoms with van der Waals surface area (Å²) in [6.07, 6.45) is -4.64. The second-order valence-electron chi connectivity index (χ2n) is 3.48. The number of hydrogen-bond donors (Lipinski definition) is 0. The number of halogens is 4. The van der Waals surface area contributed by atoms with Gasteiger partial charge in [0.1, 0.15) is 6.07 Å². The van der Waals surface area contributed by atoms with Gasteiger partial charge >= 0.3 is 12.1 Å². The van der Waals surface area contributed by atoms with Crippen LogP contribution in [0.1, 0.15) is 34.0 Å². The van der Waals surface area contributed by atoms with Crippen molar-refractivity contribution in [3.05, 3.63) is 34.4 Å². The molecule has 1 aromatic carbocycles. The van der Waals surface area contributed by atoms with E-state index in [1.165, 1.54) is 0 Å². The number of esters is 1. The van der Waals surface area contributed by atoms with E-state index < -0.39 is 34.7 Å². The van der Waals surface area contributed by atoms with Gasteiger partial charge in [0.05, 0.1) is 23.3 Å². The lowest BCUT2D eigenvalue weighted by molar-refractivity contribution is -0.138. The Morgan fingerprint density at radius 2 is 2.11 bits per heavy atom. The zero-order chi connectivity index (χ0) is 14.6. The molecule has 0 unspecified atom stereocenters. The van der Waals surface area contributed by atoms with Crippen molar-refractivity contribution < 1.29 is 22.7 Å². The number of ether oxygens (including phenoxy) is 1. The molecular formula is C12H9ClF3NO2. The third kappa shape index (κ3) is 3.18. The SMILES string of the molecule is CCOC(=O)c1ccc(C(F)(F)F)c(CCl)c1C#N. The predicted molar refractivity (Wildman–Crippen MR) is 61.7 cm³/mol. The number of rotatable bonds is 3. The van der Waals surface area contributed by atoms with Crippen molar-refractivity contribution in [2.45, 2.75) is 19.0 Å². The van der Waals surface area contributed by atoms with E-state index >= 15 is 0 Å². The number of benzene rings is 1. The lowest BCUT2D eigenvalue weighted by Crippen LogP contribution is -2.14. The molecule has 0 saturated heterocycles. The van der Waals surface area contributed by atoms with Crippen LogP contribution < -0.4 is 0 Å². The molecule has 0 aliphatic rings. The van der Waals surface area contributed by atoms with Crippen molar-refractivity contribution in [2.75, 3.05) is 6.61 Å². The quantitative estimate of drug-likeness (QED) is 0.632. The first-order valence-corrected chi connectivity index (χ1v) is 5.76. The van der Waals surface area contributed by atoms with E-state index in [4.69, 9.17) is 16.9 Å². The zero-order valence-corrected chi connectivity index (χ0v) is 10.6. The third-order valence-corrected chi connectivity index (χ3v) is 2.63. The van der Waals surface area contributed by atoms with Gasteiger partial charge in [0.2, 0.25) is 0 Å². The Balaban J connectivity index is 3.49.